The molecule has 0 heterocycles. The first-order chi connectivity index (χ1) is 7.41. The number of phenols is 1. The van der Waals surface area contributed by atoms with Gasteiger partial charge in [-0.05, 0) is 37.5 Å². The first-order valence-electron chi connectivity index (χ1n) is 4.58. The van der Waals surface area contributed by atoms with Crippen molar-refractivity contribution in [3.63, 3.8) is 0 Å². The molecule has 0 atom stereocenters. The number of Topliss-reactive ketones (excluding diaryl/α,β-unsaturated/α-hetero) is 1. The maximum Gasteiger partial charge on any atom is 0.293 e. The lowest BCUT2D eigenvalue weighted by atomic mass is 10.0. The van der Waals surface area contributed by atoms with Crippen LogP contribution in [0.2, 0.25) is 0 Å². The van der Waals surface area contributed by atoms with Crippen LogP contribution in [0.5, 0.6) is 5.75 Å². The van der Waals surface area contributed by atoms with Gasteiger partial charge in [-0.2, -0.15) is 0 Å². The van der Waals surface area contributed by atoms with E-state index in [4.69, 9.17) is 5.73 Å². The Morgan fingerprint density at radius 2 is 2.00 bits per heavy atom. The summed E-state index contributed by atoms with van der Waals surface area (Å²) in [4.78, 5) is 21.6. The number of primary amides is 1. The van der Waals surface area contributed by atoms with Crippen LogP contribution < -0.4 is 5.73 Å². The highest BCUT2D eigenvalue weighted by Crippen LogP contribution is 2.22. The number of ketones is 1. The number of phenolic OH excluding ortho intramolecular Hbond substituents is 1. The van der Waals surface area contributed by atoms with Crippen LogP contribution in [0.1, 0.15) is 28.4 Å². The SMILES string of the molecule is CC(=O)c1cc(C)c(C#CC(N)=O)cc1O. The molecule has 1 aromatic carbocycles. The zero-order chi connectivity index (χ0) is 12.3. The van der Waals surface area contributed by atoms with E-state index >= 15 is 0 Å². The monoisotopic (exact) mass is 217 g/mol. The topological polar surface area (TPSA) is 80.4 Å². The molecule has 0 bridgehead atoms. The van der Waals surface area contributed by atoms with Crippen LogP contribution in [0, 0.1) is 18.8 Å². The summed E-state index contributed by atoms with van der Waals surface area (Å²) in [5.41, 5.74) is 6.29. The number of hydrogen-bond acceptors (Lipinski definition) is 3. The maximum atomic E-state index is 11.1. The third kappa shape index (κ3) is 2.61. The van der Waals surface area contributed by atoms with E-state index in [1.165, 1.54) is 19.1 Å². The van der Waals surface area contributed by atoms with Gasteiger partial charge in [-0.1, -0.05) is 5.92 Å². The molecule has 0 fully saturated rings. The fraction of sp³-hybridized carbons (Fsp3) is 0.167. The molecule has 3 N–H and O–H groups in total. The van der Waals surface area contributed by atoms with Crippen molar-refractivity contribution in [1.29, 1.82) is 0 Å². The van der Waals surface area contributed by atoms with Gasteiger partial charge in [0.25, 0.3) is 5.91 Å². The second-order valence-electron chi connectivity index (χ2n) is 3.35. The van der Waals surface area contributed by atoms with Crippen LogP contribution in [0.25, 0.3) is 0 Å². The Bertz CT molecular complexity index is 521. The lowest BCUT2D eigenvalue weighted by molar-refractivity contribution is -0.112. The largest absolute Gasteiger partial charge is 0.507 e. The standard InChI is InChI=1S/C12H11NO3/c1-7-5-10(8(2)14)11(15)6-9(7)3-4-12(13)16/h5-6,15H,1-2H3,(H2,13,16). The quantitative estimate of drug-likeness (QED) is 0.537. The lowest BCUT2D eigenvalue weighted by Crippen LogP contribution is -2.06. The number of benzene rings is 1. The molecular formula is C12H11NO3. The Labute approximate surface area is 93.1 Å². The van der Waals surface area contributed by atoms with Crippen molar-refractivity contribution >= 4 is 11.7 Å². The minimum absolute atomic E-state index is 0.146. The summed E-state index contributed by atoms with van der Waals surface area (Å²) in [5, 5.41) is 9.55. The Kier molecular flexibility index (Phi) is 3.31. The third-order valence-corrected chi connectivity index (χ3v) is 2.04. The molecule has 16 heavy (non-hydrogen) atoms. The molecule has 4 nitrogen and oxygen atoms in total. The number of amides is 1. The van der Waals surface area contributed by atoms with Gasteiger partial charge in [-0.25, -0.2) is 0 Å². The highest BCUT2D eigenvalue weighted by Gasteiger charge is 2.08. The van der Waals surface area contributed by atoms with E-state index < -0.39 is 5.91 Å². The smallest absolute Gasteiger partial charge is 0.293 e. The molecule has 0 unspecified atom stereocenters. The summed E-state index contributed by atoms with van der Waals surface area (Å²) in [6.45, 7) is 3.10. The van der Waals surface area contributed by atoms with Gasteiger partial charge in [0.15, 0.2) is 5.78 Å². The Morgan fingerprint density at radius 3 is 2.50 bits per heavy atom. The second kappa shape index (κ2) is 4.49. The van der Waals surface area contributed by atoms with Crippen molar-refractivity contribution in [3.8, 4) is 17.6 Å². The van der Waals surface area contributed by atoms with E-state index in [0.29, 0.717) is 11.1 Å². The minimum atomic E-state index is -0.741. The normalized spacial score (nSPS) is 9.12. The Morgan fingerprint density at radius 1 is 1.38 bits per heavy atom. The summed E-state index contributed by atoms with van der Waals surface area (Å²) in [7, 11) is 0. The Balaban J connectivity index is 3.27. The number of nitrogens with two attached hydrogens (primary N) is 1. The third-order valence-electron chi connectivity index (χ3n) is 2.04. The van der Waals surface area contributed by atoms with Crippen molar-refractivity contribution in [3.05, 3.63) is 28.8 Å². The molecule has 0 aromatic heterocycles. The van der Waals surface area contributed by atoms with E-state index in [9.17, 15) is 14.7 Å². The van der Waals surface area contributed by atoms with Crippen LogP contribution in [-0.2, 0) is 4.79 Å². The second-order valence-corrected chi connectivity index (χ2v) is 3.35. The van der Waals surface area contributed by atoms with Crippen LogP contribution in [0.15, 0.2) is 12.1 Å². The van der Waals surface area contributed by atoms with Crippen LogP contribution >= 0.6 is 0 Å². The summed E-state index contributed by atoms with van der Waals surface area (Å²) in [6, 6.07) is 2.88. The molecular weight excluding hydrogens is 206 g/mol. The minimum Gasteiger partial charge on any atom is -0.507 e. The molecule has 1 rings (SSSR count). The lowest BCUT2D eigenvalue weighted by Gasteiger charge is -2.04. The summed E-state index contributed by atoms with van der Waals surface area (Å²) in [6.07, 6.45) is 0. The van der Waals surface area contributed by atoms with Gasteiger partial charge >= 0.3 is 0 Å². The fourth-order valence-electron chi connectivity index (χ4n) is 1.24. The van der Waals surface area contributed by atoms with Crippen molar-refractivity contribution < 1.29 is 14.7 Å². The number of aryl methyl sites for hydroxylation is 1. The van der Waals surface area contributed by atoms with Crippen molar-refractivity contribution in [2.24, 2.45) is 5.73 Å². The van der Waals surface area contributed by atoms with Gasteiger partial charge in [-0.15, -0.1) is 0 Å². The fourth-order valence-corrected chi connectivity index (χ4v) is 1.24. The summed E-state index contributed by atoms with van der Waals surface area (Å²) in [5.74, 6) is 3.58. The van der Waals surface area contributed by atoms with E-state index in [1.54, 1.807) is 6.92 Å². The van der Waals surface area contributed by atoms with E-state index in [0.717, 1.165) is 0 Å². The number of carbonyl (C=O) groups is 2. The van der Waals surface area contributed by atoms with Crippen LogP contribution in [-0.4, -0.2) is 16.8 Å². The van der Waals surface area contributed by atoms with Gasteiger partial charge < -0.3 is 10.8 Å². The molecule has 4 heteroatoms. The first-order valence-corrected chi connectivity index (χ1v) is 4.58. The predicted octanol–water partition coefficient (Wildman–Crippen LogP) is 0.740. The number of rotatable bonds is 1. The van der Waals surface area contributed by atoms with Gasteiger partial charge in [0.2, 0.25) is 0 Å². The van der Waals surface area contributed by atoms with Gasteiger partial charge in [-0.3, -0.25) is 9.59 Å². The Hall–Kier alpha value is -2.28. The number of hydrogen-bond donors (Lipinski definition) is 2. The van der Waals surface area contributed by atoms with Crippen LogP contribution in [0.3, 0.4) is 0 Å². The number of aromatic hydroxyl groups is 1. The summed E-state index contributed by atoms with van der Waals surface area (Å²) >= 11 is 0. The molecule has 0 saturated heterocycles. The van der Waals surface area contributed by atoms with Gasteiger partial charge in [0, 0.05) is 5.56 Å². The average Bonchev–Trinajstić information content (AvgIpc) is 2.18. The summed E-state index contributed by atoms with van der Waals surface area (Å²) < 4.78 is 0. The van der Waals surface area contributed by atoms with E-state index in [1.807, 2.05) is 0 Å². The molecule has 1 aromatic rings. The molecule has 0 aliphatic rings. The van der Waals surface area contributed by atoms with Gasteiger partial charge in [0.1, 0.15) is 5.75 Å². The molecule has 82 valence electrons. The van der Waals surface area contributed by atoms with Crippen molar-refractivity contribution in [2.45, 2.75) is 13.8 Å². The van der Waals surface area contributed by atoms with E-state index in [2.05, 4.69) is 11.8 Å². The number of carbonyl (C=O) groups excluding carboxylic acids is 2. The molecule has 0 saturated carbocycles. The molecule has 0 aliphatic heterocycles. The molecule has 0 spiro atoms. The van der Waals surface area contributed by atoms with Crippen molar-refractivity contribution in [2.75, 3.05) is 0 Å². The van der Waals surface area contributed by atoms with Crippen molar-refractivity contribution in [1.82, 2.24) is 0 Å². The predicted molar refractivity (Wildman–Crippen MR) is 58.9 cm³/mol. The zero-order valence-corrected chi connectivity index (χ0v) is 9.00. The molecule has 1 amide bonds. The van der Waals surface area contributed by atoms with Crippen LogP contribution in [0.4, 0.5) is 0 Å². The highest BCUT2D eigenvalue weighted by molar-refractivity contribution is 5.97. The first kappa shape index (κ1) is 11.8. The maximum absolute atomic E-state index is 11.1. The molecule has 0 radical (unpaired) electrons. The van der Waals surface area contributed by atoms with Gasteiger partial charge in [0.05, 0.1) is 5.56 Å². The molecule has 0 aliphatic carbocycles. The average molecular weight is 217 g/mol. The highest BCUT2D eigenvalue weighted by atomic mass is 16.3. The zero-order valence-electron chi connectivity index (χ0n) is 9.00. The van der Waals surface area contributed by atoms with E-state index in [-0.39, 0.29) is 17.1 Å².